The van der Waals surface area contributed by atoms with E-state index in [9.17, 15) is 22.8 Å². The molecule has 2 aromatic carbocycles. The highest BCUT2D eigenvalue weighted by molar-refractivity contribution is 5.96. The van der Waals surface area contributed by atoms with Crippen molar-refractivity contribution in [1.82, 2.24) is 0 Å². The summed E-state index contributed by atoms with van der Waals surface area (Å²) in [5.41, 5.74) is -0.377. The largest absolute Gasteiger partial charge is 0.484 e. The molecule has 0 radical (unpaired) electrons. The summed E-state index contributed by atoms with van der Waals surface area (Å²) in [6.07, 6.45) is -4.43. The van der Waals surface area contributed by atoms with Gasteiger partial charge in [0, 0.05) is 23.8 Å². The molecule has 2 rings (SSSR count). The molecule has 0 aliphatic carbocycles. The number of hydrogen-bond acceptors (Lipinski definition) is 3. The number of amides is 2. The van der Waals surface area contributed by atoms with Crippen LogP contribution in [0.4, 0.5) is 24.5 Å². The lowest BCUT2D eigenvalue weighted by Crippen LogP contribution is -2.36. The van der Waals surface area contributed by atoms with Crippen LogP contribution in [0.15, 0.2) is 48.5 Å². The minimum Gasteiger partial charge on any atom is -0.484 e. The number of nitrogens with zero attached hydrogens (tertiary/aromatic N) is 1. The predicted molar refractivity (Wildman–Crippen MR) is 105 cm³/mol. The Morgan fingerprint density at radius 1 is 0.966 bits per heavy atom. The van der Waals surface area contributed by atoms with Gasteiger partial charge in [-0.25, -0.2) is 0 Å². The van der Waals surface area contributed by atoms with Crippen molar-refractivity contribution in [3.05, 3.63) is 54.1 Å². The van der Waals surface area contributed by atoms with Crippen LogP contribution in [0.25, 0.3) is 0 Å². The maximum absolute atomic E-state index is 12.5. The van der Waals surface area contributed by atoms with Crippen LogP contribution in [0.5, 0.6) is 5.75 Å². The van der Waals surface area contributed by atoms with Gasteiger partial charge in [-0.15, -0.1) is 0 Å². The van der Waals surface area contributed by atoms with Crippen molar-refractivity contribution in [1.29, 1.82) is 0 Å². The lowest BCUT2D eigenvalue weighted by Gasteiger charge is -2.26. The number of anilines is 2. The van der Waals surface area contributed by atoms with Crippen LogP contribution in [0.1, 0.15) is 26.3 Å². The molecular weight excluding hydrogens is 385 g/mol. The van der Waals surface area contributed by atoms with Crippen LogP contribution in [0, 0.1) is 5.41 Å². The van der Waals surface area contributed by atoms with Crippen LogP contribution >= 0.6 is 0 Å². The molecule has 29 heavy (non-hydrogen) atoms. The summed E-state index contributed by atoms with van der Waals surface area (Å²) in [6.45, 7) is 5.19. The quantitative estimate of drug-likeness (QED) is 0.778. The third-order valence-corrected chi connectivity index (χ3v) is 4.04. The van der Waals surface area contributed by atoms with Gasteiger partial charge in [0.2, 0.25) is 5.91 Å². The molecule has 5 nitrogen and oxygen atoms in total. The average Bonchev–Trinajstić information content (AvgIpc) is 2.64. The molecule has 2 amide bonds. The Morgan fingerprint density at radius 3 is 2.00 bits per heavy atom. The van der Waals surface area contributed by atoms with E-state index in [-0.39, 0.29) is 18.2 Å². The Hall–Kier alpha value is -3.03. The van der Waals surface area contributed by atoms with E-state index in [1.54, 1.807) is 36.2 Å². The second kappa shape index (κ2) is 8.55. The van der Waals surface area contributed by atoms with E-state index in [1.807, 2.05) is 20.8 Å². The SMILES string of the molecule is CN(C(=O)C(C)(C)C)c1ccc(OCC(=O)Nc2ccc(C(F)(F)F)cc2)cc1. The van der Waals surface area contributed by atoms with Crippen molar-refractivity contribution in [2.24, 2.45) is 5.41 Å². The third-order valence-electron chi connectivity index (χ3n) is 4.04. The van der Waals surface area contributed by atoms with Gasteiger partial charge in [0.25, 0.3) is 5.91 Å². The maximum Gasteiger partial charge on any atom is 0.416 e. The number of hydrogen-bond donors (Lipinski definition) is 1. The molecule has 0 fully saturated rings. The predicted octanol–water partition coefficient (Wildman–Crippen LogP) is 4.73. The first-order chi connectivity index (χ1) is 13.4. The van der Waals surface area contributed by atoms with Crippen LogP contribution in [-0.2, 0) is 15.8 Å². The first-order valence-corrected chi connectivity index (χ1v) is 8.86. The Bertz CT molecular complexity index is 855. The summed E-state index contributed by atoms with van der Waals surface area (Å²) < 4.78 is 43.0. The van der Waals surface area contributed by atoms with Crippen molar-refractivity contribution in [3.8, 4) is 5.75 Å². The fourth-order valence-corrected chi connectivity index (χ4v) is 2.47. The minimum atomic E-state index is -4.43. The highest BCUT2D eigenvalue weighted by atomic mass is 19.4. The zero-order valence-corrected chi connectivity index (χ0v) is 16.6. The summed E-state index contributed by atoms with van der Waals surface area (Å²) in [5, 5.41) is 2.47. The summed E-state index contributed by atoms with van der Waals surface area (Å²) in [4.78, 5) is 25.8. The molecule has 8 heteroatoms. The fourth-order valence-electron chi connectivity index (χ4n) is 2.47. The van der Waals surface area contributed by atoms with Crippen molar-refractivity contribution in [2.45, 2.75) is 26.9 Å². The average molecular weight is 408 g/mol. The maximum atomic E-state index is 12.5. The Kier molecular flexibility index (Phi) is 6.56. The second-order valence-electron chi connectivity index (χ2n) is 7.52. The van der Waals surface area contributed by atoms with E-state index < -0.39 is 23.1 Å². The van der Waals surface area contributed by atoms with Gasteiger partial charge in [0.15, 0.2) is 6.61 Å². The molecule has 0 unspecified atom stereocenters. The molecule has 0 aliphatic rings. The lowest BCUT2D eigenvalue weighted by molar-refractivity contribution is -0.137. The third kappa shape index (κ3) is 6.23. The standard InChI is InChI=1S/C21H23F3N2O3/c1-20(2,3)19(28)26(4)16-9-11-17(12-10-16)29-13-18(27)25-15-7-5-14(6-8-15)21(22,23)24/h5-12H,13H2,1-4H3,(H,25,27). The number of ether oxygens (including phenoxy) is 1. The molecular formula is C21H23F3N2O3. The van der Waals surface area contributed by atoms with E-state index >= 15 is 0 Å². The minimum absolute atomic E-state index is 0.0397. The van der Waals surface area contributed by atoms with E-state index in [0.29, 0.717) is 11.4 Å². The number of alkyl halides is 3. The molecule has 0 aliphatic heterocycles. The Labute approximate surface area is 167 Å². The summed E-state index contributed by atoms with van der Waals surface area (Å²) in [5.74, 6) is -0.121. The Morgan fingerprint density at radius 2 is 1.52 bits per heavy atom. The molecule has 0 saturated carbocycles. The van der Waals surface area contributed by atoms with Crippen molar-refractivity contribution < 1.29 is 27.5 Å². The summed E-state index contributed by atoms with van der Waals surface area (Å²) in [6, 6.07) is 10.8. The highest BCUT2D eigenvalue weighted by Gasteiger charge is 2.30. The van der Waals surface area contributed by atoms with Gasteiger partial charge in [-0.3, -0.25) is 9.59 Å². The van der Waals surface area contributed by atoms with Gasteiger partial charge in [0.05, 0.1) is 5.56 Å². The van der Waals surface area contributed by atoms with E-state index in [0.717, 1.165) is 12.1 Å². The van der Waals surface area contributed by atoms with E-state index in [1.165, 1.54) is 12.1 Å². The van der Waals surface area contributed by atoms with Gasteiger partial charge >= 0.3 is 6.18 Å². The van der Waals surface area contributed by atoms with Gasteiger partial charge in [0.1, 0.15) is 5.75 Å². The molecule has 0 bridgehead atoms. The van der Waals surface area contributed by atoms with Crippen molar-refractivity contribution in [3.63, 3.8) is 0 Å². The highest BCUT2D eigenvalue weighted by Crippen LogP contribution is 2.30. The van der Waals surface area contributed by atoms with Crippen LogP contribution in [0.3, 0.4) is 0 Å². The molecule has 0 spiro atoms. The summed E-state index contributed by atoms with van der Waals surface area (Å²) >= 11 is 0. The topological polar surface area (TPSA) is 58.6 Å². The fraction of sp³-hybridized carbons (Fsp3) is 0.333. The zero-order chi connectivity index (χ0) is 21.8. The van der Waals surface area contributed by atoms with Gasteiger partial charge < -0.3 is 15.0 Å². The van der Waals surface area contributed by atoms with E-state index in [4.69, 9.17) is 4.74 Å². The first-order valence-electron chi connectivity index (χ1n) is 8.86. The summed E-state index contributed by atoms with van der Waals surface area (Å²) in [7, 11) is 1.68. The second-order valence-corrected chi connectivity index (χ2v) is 7.52. The molecule has 0 heterocycles. The van der Waals surface area contributed by atoms with Crippen LogP contribution in [0.2, 0.25) is 0 Å². The van der Waals surface area contributed by atoms with Gasteiger partial charge in [-0.2, -0.15) is 13.2 Å². The molecule has 2 aromatic rings. The number of nitrogens with one attached hydrogen (secondary N) is 1. The molecule has 0 saturated heterocycles. The zero-order valence-electron chi connectivity index (χ0n) is 16.6. The molecule has 0 aromatic heterocycles. The van der Waals surface area contributed by atoms with E-state index in [2.05, 4.69) is 5.32 Å². The number of halogens is 3. The number of carbonyl (C=O) groups excluding carboxylic acids is 2. The molecule has 0 atom stereocenters. The van der Waals surface area contributed by atoms with Crippen LogP contribution in [-0.4, -0.2) is 25.5 Å². The smallest absolute Gasteiger partial charge is 0.416 e. The van der Waals surface area contributed by atoms with Gasteiger partial charge in [-0.1, -0.05) is 20.8 Å². The first kappa shape index (κ1) is 22.3. The molecule has 156 valence electrons. The van der Waals surface area contributed by atoms with Crippen molar-refractivity contribution in [2.75, 3.05) is 23.9 Å². The number of rotatable bonds is 5. The molecule has 1 N–H and O–H groups in total. The van der Waals surface area contributed by atoms with Crippen LogP contribution < -0.4 is 15.0 Å². The van der Waals surface area contributed by atoms with Crippen molar-refractivity contribution >= 4 is 23.2 Å². The Balaban J connectivity index is 1.90. The normalized spacial score (nSPS) is 11.7. The lowest BCUT2D eigenvalue weighted by atomic mass is 9.95. The number of carbonyl (C=O) groups is 2. The van der Waals surface area contributed by atoms with Gasteiger partial charge in [-0.05, 0) is 48.5 Å². The monoisotopic (exact) mass is 408 g/mol. The number of benzene rings is 2.